The van der Waals surface area contributed by atoms with E-state index in [2.05, 4.69) is 0 Å². The first-order valence-electron chi connectivity index (χ1n) is 6.50. The van der Waals surface area contributed by atoms with Gasteiger partial charge >= 0.3 is 0 Å². The van der Waals surface area contributed by atoms with Crippen LogP contribution in [0.15, 0.2) is 46.2 Å². The standard InChI is InChI=1S/C16H18O4S2/c1-17-13-7-5-11(9-15(13)19-3)21-22-12-6-8-14(18-2)16(10-12)20-4/h5-10H,1-4H3. The molecular formula is C16H18O4S2. The van der Waals surface area contributed by atoms with Crippen LogP contribution >= 0.6 is 21.6 Å². The largest absolute Gasteiger partial charge is 0.493 e. The van der Waals surface area contributed by atoms with E-state index >= 15 is 0 Å². The Balaban J connectivity index is 2.09. The molecule has 22 heavy (non-hydrogen) atoms. The Kier molecular flexibility index (Phi) is 6.15. The fourth-order valence-electron chi connectivity index (χ4n) is 1.83. The molecule has 0 aliphatic heterocycles. The number of methoxy groups -OCH3 is 4. The molecule has 0 spiro atoms. The van der Waals surface area contributed by atoms with E-state index in [9.17, 15) is 0 Å². The molecule has 0 aliphatic rings. The highest BCUT2D eigenvalue weighted by Crippen LogP contribution is 2.42. The third kappa shape index (κ3) is 3.96. The van der Waals surface area contributed by atoms with Gasteiger partial charge in [0.25, 0.3) is 0 Å². The van der Waals surface area contributed by atoms with Gasteiger partial charge in [-0.25, -0.2) is 0 Å². The van der Waals surface area contributed by atoms with Crippen LogP contribution in [0.3, 0.4) is 0 Å². The number of ether oxygens (including phenoxy) is 4. The SMILES string of the molecule is COc1ccc(SSc2ccc(OC)c(OC)c2)cc1OC. The van der Waals surface area contributed by atoms with Crippen LogP contribution in [-0.4, -0.2) is 28.4 Å². The zero-order valence-electron chi connectivity index (χ0n) is 12.9. The van der Waals surface area contributed by atoms with Crippen molar-refractivity contribution in [2.45, 2.75) is 9.79 Å². The van der Waals surface area contributed by atoms with Crippen LogP contribution in [0.5, 0.6) is 23.0 Å². The maximum atomic E-state index is 5.31. The predicted molar refractivity (Wildman–Crippen MR) is 90.8 cm³/mol. The molecule has 2 aromatic rings. The lowest BCUT2D eigenvalue weighted by atomic mass is 10.3. The van der Waals surface area contributed by atoms with Gasteiger partial charge in [0.15, 0.2) is 23.0 Å². The summed E-state index contributed by atoms with van der Waals surface area (Å²) in [5, 5.41) is 0. The Labute approximate surface area is 138 Å². The van der Waals surface area contributed by atoms with E-state index in [1.165, 1.54) is 0 Å². The normalized spacial score (nSPS) is 10.2. The van der Waals surface area contributed by atoms with Crippen LogP contribution in [0, 0.1) is 0 Å². The van der Waals surface area contributed by atoms with Crippen LogP contribution < -0.4 is 18.9 Å². The van der Waals surface area contributed by atoms with Crippen molar-refractivity contribution < 1.29 is 18.9 Å². The molecule has 0 radical (unpaired) electrons. The zero-order chi connectivity index (χ0) is 15.9. The van der Waals surface area contributed by atoms with Crippen molar-refractivity contribution in [3.05, 3.63) is 36.4 Å². The Bertz CT molecular complexity index is 576. The third-order valence-electron chi connectivity index (χ3n) is 2.94. The molecule has 0 aromatic heterocycles. The second-order valence-electron chi connectivity index (χ2n) is 4.20. The number of rotatable bonds is 7. The monoisotopic (exact) mass is 338 g/mol. The fourth-order valence-corrected chi connectivity index (χ4v) is 3.78. The van der Waals surface area contributed by atoms with Crippen molar-refractivity contribution in [1.82, 2.24) is 0 Å². The van der Waals surface area contributed by atoms with Gasteiger partial charge in [-0.1, -0.05) is 21.6 Å². The lowest BCUT2D eigenvalue weighted by molar-refractivity contribution is 0.354. The van der Waals surface area contributed by atoms with Gasteiger partial charge in [-0.3, -0.25) is 0 Å². The number of hydrogen-bond acceptors (Lipinski definition) is 6. The lowest BCUT2D eigenvalue weighted by Gasteiger charge is -2.10. The second kappa shape index (κ2) is 8.10. The summed E-state index contributed by atoms with van der Waals surface area (Å²) in [7, 11) is 9.80. The molecule has 0 N–H and O–H groups in total. The summed E-state index contributed by atoms with van der Waals surface area (Å²) in [5.74, 6) is 2.90. The van der Waals surface area contributed by atoms with Crippen LogP contribution in [0.2, 0.25) is 0 Å². The van der Waals surface area contributed by atoms with Gasteiger partial charge in [-0.2, -0.15) is 0 Å². The Morgan fingerprint density at radius 3 is 1.23 bits per heavy atom. The minimum absolute atomic E-state index is 0.723. The van der Waals surface area contributed by atoms with Crippen molar-refractivity contribution in [2.24, 2.45) is 0 Å². The second-order valence-corrected chi connectivity index (χ2v) is 6.48. The molecule has 0 aliphatic carbocycles. The summed E-state index contributed by atoms with van der Waals surface area (Å²) < 4.78 is 21.1. The van der Waals surface area contributed by atoms with Crippen molar-refractivity contribution in [2.75, 3.05) is 28.4 Å². The molecular weight excluding hydrogens is 320 g/mol. The molecule has 6 heteroatoms. The minimum Gasteiger partial charge on any atom is -0.493 e. The smallest absolute Gasteiger partial charge is 0.161 e. The van der Waals surface area contributed by atoms with E-state index < -0.39 is 0 Å². The van der Waals surface area contributed by atoms with Crippen molar-refractivity contribution in [3.8, 4) is 23.0 Å². The lowest BCUT2D eigenvalue weighted by Crippen LogP contribution is -1.90. The van der Waals surface area contributed by atoms with Crippen molar-refractivity contribution >= 4 is 21.6 Å². The first-order valence-corrected chi connectivity index (χ1v) is 8.65. The molecule has 0 saturated carbocycles. The van der Waals surface area contributed by atoms with Gasteiger partial charge in [0.2, 0.25) is 0 Å². The van der Waals surface area contributed by atoms with E-state index in [4.69, 9.17) is 18.9 Å². The molecule has 0 fully saturated rings. The fraction of sp³-hybridized carbons (Fsp3) is 0.250. The van der Waals surface area contributed by atoms with Gasteiger partial charge in [0.1, 0.15) is 0 Å². The first kappa shape index (κ1) is 16.7. The summed E-state index contributed by atoms with van der Waals surface area (Å²) in [6.07, 6.45) is 0. The predicted octanol–water partition coefficient (Wildman–Crippen LogP) is 4.52. The van der Waals surface area contributed by atoms with Crippen LogP contribution in [0.4, 0.5) is 0 Å². The topological polar surface area (TPSA) is 36.9 Å². The van der Waals surface area contributed by atoms with Gasteiger partial charge in [0, 0.05) is 9.79 Å². The van der Waals surface area contributed by atoms with Gasteiger partial charge in [0.05, 0.1) is 28.4 Å². The van der Waals surface area contributed by atoms with Gasteiger partial charge < -0.3 is 18.9 Å². The summed E-state index contributed by atoms with van der Waals surface area (Å²) in [6.45, 7) is 0. The Morgan fingerprint density at radius 1 is 0.545 bits per heavy atom. The molecule has 4 nitrogen and oxygen atoms in total. The minimum atomic E-state index is 0.723. The molecule has 0 heterocycles. The molecule has 0 atom stereocenters. The van der Waals surface area contributed by atoms with Crippen LogP contribution in [0.25, 0.3) is 0 Å². The van der Waals surface area contributed by atoms with E-state index in [-0.39, 0.29) is 0 Å². The highest BCUT2D eigenvalue weighted by molar-refractivity contribution is 8.76. The highest BCUT2D eigenvalue weighted by atomic mass is 33.1. The number of hydrogen-bond donors (Lipinski definition) is 0. The molecule has 0 bridgehead atoms. The quantitative estimate of drug-likeness (QED) is 0.691. The third-order valence-corrected chi connectivity index (χ3v) is 5.32. The zero-order valence-corrected chi connectivity index (χ0v) is 14.5. The van der Waals surface area contributed by atoms with Gasteiger partial charge in [-0.15, -0.1) is 0 Å². The van der Waals surface area contributed by atoms with Gasteiger partial charge in [-0.05, 0) is 36.4 Å². The highest BCUT2D eigenvalue weighted by Gasteiger charge is 2.08. The molecule has 0 saturated heterocycles. The van der Waals surface area contributed by atoms with Crippen molar-refractivity contribution in [3.63, 3.8) is 0 Å². The molecule has 0 unspecified atom stereocenters. The van der Waals surface area contributed by atoms with E-state index in [0.29, 0.717) is 0 Å². The summed E-state index contributed by atoms with van der Waals surface area (Å²) >= 11 is 0. The maximum Gasteiger partial charge on any atom is 0.161 e. The van der Waals surface area contributed by atoms with Crippen molar-refractivity contribution in [1.29, 1.82) is 0 Å². The van der Waals surface area contributed by atoms with Crippen LogP contribution in [0.1, 0.15) is 0 Å². The Morgan fingerprint density at radius 2 is 0.909 bits per heavy atom. The molecule has 0 amide bonds. The van der Waals surface area contributed by atoms with E-state index in [1.54, 1.807) is 50.0 Å². The first-order chi connectivity index (χ1) is 10.7. The summed E-state index contributed by atoms with van der Waals surface area (Å²) in [6, 6.07) is 11.7. The van der Waals surface area contributed by atoms with Crippen LogP contribution in [-0.2, 0) is 0 Å². The number of benzene rings is 2. The Hall–Kier alpha value is -1.66. The van der Waals surface area contributed by atoms with E-state index in [1.807, 2.05) is 36.4 Å². The molecule has 2 rings (SSSR count). The average Bonchev–Trinajstić information content (AvgIpc) is 2.59. The average molecular weight is 338 g/mol. The molecule has 2 aromatic carbocycles. The maximum absolute atomic E-state index is 5.31. The summed E-state index contributed by atoms with van der Waals surface area (Å²) in [5.41, 5.74) is 0. The molecule has 118 valence electrons. The van der Waals surface area contributed by atoms with E-state index in [0.717, 1.165) is 32.8 Å². The summed E-state index contributed by atoms with van der Waals surface area (Å²) in [4.78, 5) is 2.16.